The lowest BCUT2D eigenvalue weighted by atomic mass is 10.0. The number of nitrogens with one attached hydrogen (secondary N) is 1. The Bertz CT molecular complexity index is 995. The summed E-state index contributed by atoms with van der Waals surface area (Å²) in [7, 11) is -2.18. The Labute approximate surface area is 185 Å². The number of ether oxygens (including phenoxy) is 1. The molecule has 2 aromatic rings. The minimum Gasteiger partial charge on any atom is -0.496 e. The molecule has 3 rings (SSSR count). The van der Waals surface area contributed by atoms with Gasteiger partial charge in [0.05, 0.1) is 23.6 Å². The van der Waals surface area contributed by atoms with Crippen LogP contribution in [0.15, 0.2) is 47.4 Å². The summed E-state index contributed by atoms with van der Waals surface area (Å²) in [4.78, 5) is 13.3. The van der Waals surface area contributed by atoms with Crippen molar-refractivity contribution in [3.8, 4) is 5.75 Å². The minimum absolute atomic E-state index is 0.128. The molecule has 1 saturated heterocycles. The molecule has 168 valence electrons. The van der Waals surface area contributed by atoms with E-state index in [0.717, 1.165) is 36.8 Å². The number of benzene rings is 2. The van der Waals surface area contributed by atoms with Crippen LogP contribution in [0.1, 0.15) is 66.6 Å². The largest absolute Gasteiger partial charge is 0.496 e. The van der Waals surface area contributed by atoms with Crippen molar-refractivity contribution in [3.05, 3.63) is 59.2 Å². The van der Waals surface area contributed by atoms with E-state index in [1.807, 2.05) is 38.1 Å². The molecule has 1 amide bonds. The average molecular weight is 445 g/mol. The fourth-order valence-corrected chi connectivity index (χ4v) is 5.46. The van der Waals surface area contributed by atoms with E-state index in [1.54, 1.807) is 6.07 Å². The van der Waals surface area contributed by atoms with Crippen LogP contribution in [0.3, 0.4) is 0 Å². The molecular formula is C24H32N2O4S. The van der Waals surface area contributed by atoms with E-state index in [4.69, 9.17) is 4.74 Å². The van der Waals surface area contributed by atoms with Crippen LogP contribution in [0.25, 0.3) is 0 Å². The highest BCUT2D eigenvalue weighted by atomic mass is 32.2. The van der Waals surface area contributed by atoms with Gasteiger partial charge >= 0.3 is 0 Å². The molecule has 6 nitrogen and oxygen atoms in total. The van der Waals surface area contributed by atoms with Crippen molar-refractivity contribution in [1.82, 2.24) is 9.62 Å². The first-order valence-corrected chi connectivity index (χ1v) is 12.4. The summed E-state index contributed by atoms with van der Waals surface area (Å²) in [6, 6.07) is 12.4. The number of rotatable bonds is 7. The van der Waals surface area contributed by atoms with Crippen molar-refractivity contribution in [2.45, 2.75) is 56.9 Å². The Morgan fingerprint density at radius 3 is 2.29 bits per heavy atom. The molecule has 1 atom stereocenters. The van der Waals surface area contributed by atoms with Crippen LogP contribution >= 0.6 is 0 Å². The average Bonchev–Trinajstić information content (AvgIpc) is 3.08. The fourth-order valence-electron chi connectivity index (χ4n) is 3.91. The standard InChI is InChI=1S/C24H32N2O4S/c1-4-22(19-11-9-18(2)10-12-19)25-24(27)21-17-20(13-14-23(21)30-3)31(28,29)26-15-7-5-6-8-16-26/h9-14,17,22H,4-8,15-16H2,1-3H3,(H,25,27)/t22-/m0/s1. The van der Waals surface area contributed by atoms with E-state index in [-0.39, 0.29) is 22.4 Å². The number of hydrogen-bond acceptors (Lipinski definition) is 4. The van der Waals surface area contributed by atoms with Crippen molar-refractivity contribution in [3.63, 3.8) is 0 Å². The highest BCUT2D eigenvalue weighted by Crippen LogP contribution is 2.27. The molecule has 31 heavy (non-hydrogen) atoms. The summed E-state index contributed by atoms with van der Waals surface area (Å²) in [6.07, 6.45) is 4.51. The molecule has 0 bridgehead atoms. The number of carbonyl (C=O) groups is 1. The molecule has 1 heterocycles. The van der Waals surface area contributed by atoms with Gasteiger partial charge in [-0.25, -0.2) is 8.42 Å². The van der Waals surface area contributed by atoms with Gasteiger partial charge in [-0.05, 0) is 49.9 Å². The second-order valence-corrected chi connectivity index (χ2v) is 9.96. The van der Waals surface area contributed by atoms with E-state index in [0.29, 0.717) is 25.3 Å². The number of nitrogens with zero attached hydrogens (tertiary/aromatic N) is 1. The maximum absolute atomic E-state index is 13.2. The summed E-state index contributed by atoms with van der Waals surface area (Å²) in [5.41, 5.74) is 2.38. The van der Waals surface area contributed by atoms with Gasteiger partial charge in [-0.2, -0.15) is 4.31 Å². The van der Waals surface area contributed by atoms with Crippen molar-refractivity contribution in [2.24, 2.45) is 0 Å². The van der Waals surface area contributed by atoms with Gasteiger partial charge in [0.2, 0.25) is 10.0 Å². The molecule has 7 heteroatoms. The predicted molar refractivity (Wildman–Crippen MR) is 122 cm³/mol. The van der Waals surface area contributed by atoms with E-state index >= 15 is 0 Å². The topological polar surface area (TPSA) is 75.7 Å². The number of amides is 1. The summed E-state index contributed by atoms with van der Waals surface area (Å²) >= 11 is 0. The molecule has 0 aliphatic carbocycles. The third kappa shape index (κ3) is 5.46. The highest BCUT2D eigenvalue weighted by molar-refractivity contribution is 7.89. The van der Waals surface area contributed by atoms with Gasteiger partial charge in [0.1, 0.15) is 5.75 Å². The van der Waals surface area contributed by atoms with Crippen molar-refractivity contribution >= 4 is 15.9 Å². The predicted octanol–water partition coefficient (Wildman–Crippen LogP) is 4.45. The molecule has 0 saturated carbocycles. The molecule has 1 aliphatic rings. The zero-order valence-electron chi connectivity index (χ0n) is 18.6. The lowest BCUT2D eigenvalue weighted by Crippen LogP contribution is -2.32. The first kappa shape index (κ1) is 23.3. The SMILES string of the molecule is CC[C@H](NC(=O)c1cc(S(=O)(=O)N2CCCCCC2)ccc1OC)c1ccc(C)cc1. The zero-order valence-corrected chi connectivity index (χ0v) is 19.4. The van der Waals surface area contributed by atoms with Gasteiger partial charge in [0, 0.05) is 13.1 Å². The smallest absolute Gasteiger partial charge is 0.255 e. The Hall–Kier alpha value is -2.38. The number of methoxy groups -OCH3 is 1. The quantitative estimate of drug-likeness (QED) is 0.685. The number of hydrogen-bond donors (Lipinski definition) is 1. The second kappa shape index (κ2) is 10.3. The highest BCUT2D eigenvalue weighted by Gasteiger charge is 2.27. The van der Waals surface area contributed by atoms with E-state index in [2.05, 4.69) is 5.32 Å². The molecule has 0 radical (unpaired) electrons. The fraction of sp³-hybridized carbons (Fsp3) is 0.458. The molecule has 1 N–H and O–H groups in total. The Kier molecular flexibility index (Phi) is 7.73. The van der Waals surface area contributed by atoms with E-state index in [1.165, 1.54) is 23.5 Å². The molecule has 0 spiro atoms. The molecule has 0 unspecified atom stereocenters. The maximum Gasteiger partial charge on any atom is 0.255 e. The van der Waals surface area contributed by atoms with Gasteiger partial charge in [-0.1, -0.05) is 49.6 Å². The Morgan fingerprint density at radius 1 is 1.06 bits per heavy atom. The summed E-state index contributed by atoms with van der Waals surface area (Å²) in [5.74, 6) is 0.00302. The monoisotopic (exact) mass is 444 g/mol. The van der Waals surface area contributed by atoms with Crippen molar-refractivity contribution < 1.29 is 17.9 Å². The van der Waals surface area contributed by atoms with Crippen LogP contribution in [0.2, 0.25) is 0 Å². The van der Waals surface area contributed by atoms with Gasteiger partial charge < -0.3 is 10.1 Å². The van der Waals surface area contributed by atoms with Crippen LogP contribution in [-0.4, -0.2) is 38.8 Å². The zero-order chi connectivity index (χ0) is 22.4. The van der Waals surface area contributed by atoms with Crippen LogP contribution in [0.4, 0.5) is 0 Å². The van der Waals surface area contributed by atoms with Crippen LogP contribution in [0.5, 0.6) is 5.75 Å². The molecule has 0 aromatic heterocycles. The minimum atomic E-state index is -3.66. The normalized spacial score (nSPS) is 16.4. The first-order chi connectivity index (χ1) is 14.9. The maximum atomic E-state index is 13.2. The van der Waals surface area contributed by atoms with Gasteiger partial charge in [0.15, 0.2) is 0 Å². The van der Waals surface area contributed by atoms with E-state index < -0.39 is 10.0 Å². The Balaban J connectivity index is 1.89. The molecule has 1 fully saturated rings. The van der Waals surface area contributed by atoms with Crippen LogP contribution in [-0.2, 0) is 10.0 Å². The van der Waals surface area contributed by atoms with E-state index in [9.17, 15) is 13.2 Å². The van der Waals surface area contributed by atoms with Gasteiger partial charge in [0.25, 0.3) is 5.91 Å². The Morgan fingerprint density at radius 2 is 1.71 bits per heavy atom. The summed E-state index contributed by atoms with van der Waals surface area (Å²) in [5, 5.41) is 3.03. The van der Waals surface area contributed by atoms with Crippen molar-refractivity contribution in [1.29, 1.82) is 0 Å². The lowest BCUT2D eigenvalue weighted by Gasteiger charge is -2.22. The second-order valence-electron chi connectivity index (χ2n) is 8.03. The van der Waals surface area contributed by atoms with Crippen LogP contribution in [0, 0.1) is 6.92 Å². The number of aryl methyl sites for hydroxylation is 1. The van der Waals surface area contributed by atoms with Gasteiger partial charge in [-0.15, -0.1) is 0 Å². The number of sulfonamides is 1. The summed E-state index contributed by atoms with van der Waals surface area (Å²) < 4.78 is 33.3. The third-order valence-electron chi connectivity index (χ3n) is 5.81. The molecule has 1 aliphatic heterocycles. The van der Waals surface area contributed by atoms with Gasteiger partial charge in [-0.3, -0.25) is 4.79 Å². The van der Waals surface area contributed by atoms with Crippen molar-refractivity contribution in [2.75, 3.05) is 20.2 Å². The summed E-state index contributed by atoms with van der Waals surface area (Å²) in [6.45, 7) is 5.05. The lowest BCUT2D eigenvalue weighted by molar-refractivity contribution is 0.0932. The van der Waals surface area contributed by atoms with Crippen LogP contribution < -0.4 is 10.1 Å². The molecular weight excluding hydrogens is 412 g/mol. The number of carbonyl (C=O) groups excluding carboxylic acids is 1. The molecule has 2 aromatic carbocycles. The third-order valence-corrected chi connectivity index (χ3v) is 7.71. The first-order valence-electron chi connectivity index (χ1n) is 10.9.